The maximum absolute atomic E-state index is 13.0. The van der Waals surface area contributed by atoms with E-state index >= 15 is 0 Å². The zero-order chi connectivity index (χ0) is 28.0. The lowest BCUT2D eigenvalue weighted by molar-refractivity contribution is -0.142. The molecule has 1 aliphatic heterocycles. The molecular weight excluding hydrogens is 518 g/mol. The van der Waals surface area contributed by atoms with E-state index in [2.05, 4.69) is 0 Å². The summed E-state index contributed by atoms with van der Waals surface area (Å²) in [5, 5.41) is 16.8. The average Bonchev–Trinajstić information content (AvgIpc) is 3.21. The number of nitrogens with zero attached hydrogens (tertiary/aromatic N) is 1. The van der Waals surface area contributed by atoms with Gasteiger partial charge in [-0.15, -0.1) is 0 Å². The van der Waals surface area contributed by atoms with Gasteiger partial charge in [0.15, 0.2) is 0 Å². The van der Waals surface area contributed by atoms with Gasteiger partial charge in [0.2, 0.25) is 15.7 Å². The van der Waals surface area contributed by atoms with Gasteiger partial charge in [0.05, 0.1) is 28.2 Å². The predicted molar refractivity (Wildman–Crippen MR) is 145 cm³/mol. The molecule has 3 aromatic rings. The third-order valence-electron chi connectivity index (χ3n) is 6.79. The summed E-state index contributed by atoms with van der Waals surface area (Å²) in [7, 11) is -3.83. The number of amidine groups is 1. The number of sulfone groups is 1. The quantitative estimate of drug-likeness (QED) is 0.231. The summed E-state index contributed by atoms with van der Waals surface area (Å²) in [4.78, 5) is 26.1. The Hall–Kier alpha value is -4.18. The molecule has 0 spiro atoms. The number of amides is 1. The van der Waals surface area contributed by atoms with Crippen molar-refractivity contribution in [2.45, 2.75) is 41.5 Å². The first kappa shape index (κ1) is 27.8. The Morgan fingerprint density at radius 2 is 1.74 bits per heavy atom. The molecule has 204 valence electrons. The predicted octanol–water partition coefficient (Wildman–Crippen LogP) is 3.51. The van der Waals surface area contributed by atoms with Crippen LogP contribution in [0.5, 0.6) is 5.75 Å². The summed E-state index contributed by atoms with van der Waals surface area (Å²) in [5.74, 6) is -1.56. The standard InChI is InChI=1S/C29H31N3O6S/c30-28(31)21-9-4-10-26(17-21)39(36,37)25-13-11-24(12-14-25)38-19-23-16-22(18-27(33)34)29(35)32(23)15-5-8-20-6-2-1-3-7-20/h1-4,6-7,9-14,17,22-23H,5,8,15-16,18-19H2,(H3,30,31)(H,33,34)/t22-,23-/m0/s1. The molecule has 0 radical (unpaired) electrons. The van der Waals surface area contributed by atoms with Crippen LogP contribution in [0, 0.1) is 11.3 Å². The number of likely N-dealkylation sites (tertiary alicyclic amines) is 1. The van der Waals surface area contributed by atoms with Crippen LogP contribution in [-0.4, -0.2) is 55.3 Å². The van der Waals surface area contributed by atoms with E-state index in [4.69, 9.17) is 15.9 Å². The fourth-order valence-corrected chi connectivity index (χ4v) is 6.08. The van der Waals surface area contributed by atoms with Gasteiger partial charge in [-0.25, -0.2) is 8.42 Å². The summed E-state index contributed by atoms with van der Waals surface area (Å²) >= 11 is 0. The lowest BCUT2D eigenvalue weighted by Gasteiger charge is -2.25. The van der Waals surface area contributed by atoms with E-state index < -0.39 is 21.7 Å². The van der Waals surface area contributed by atoms with Gasteiger partial charge in [0, 0.05) is 12.1 Å². The average molecular weight is 550 g/mol. The molecule has 1 saturated heterocycles. The molecule has 1 fully saturated rings. The van der Waals surface area contributed by atoms with Gasteiger partial charge in [-0.2, -0.15) is 0 Å². The second kappa shape index (κ2) is 12.1. The number of aliphatic carboxylic acids is 1. The number of carbonyl (C=O) groups is 2. The van der Waals surface area contributed by atoms with Gasteiger partial charge < -0.3 is 20.5 Å². The number of nitrogens with one attached hydrogen (secondary N) is 1. The van der Waals surface area contributed by atoms with Crippen LogP contribution in [0.2, 0.25) is 0 Å². The van der Waals surface area contributed by atoms with Crippen LogP contribution in [-0.2, 0) is 25.8 Å². The van der Waals surface area contributed by atoms with Crippen LogP contribution in [0.3, 0.4) is 0 Å². The Morgan fingerprint density at radius 1 is 1.03 bits per heavy atom. The number of carbonyl (C=O) groups excluding carboxylic acids is 1. The van der Waals surface area contributed by atoms with E-state index in [0.717, 1.165) is 12.8 Å². The second-order valence-corrected chi connectivity index (χ2v) is 11.5. The van der Waals surface area contributed by atoms with Gasteiger partial charge in [-0.05, 0) is 61.2 Å². The molecule has 0 aromatic heterocycles. The molecule has 10 heteroatoms. The number of carboxylic acids is 1. The van der Waals surface area contributed by atoms with E-state index in [1.165, 1.54) is 35.9 Å². The number of benzene rings is 3. The number of hydrogen-bond acceptors (Lipinski definition) is 6. The van der Waals surface area contributed by atoms with E-state index in [1.807, 2.05) is 30.3 Å². The number of carboxylic acid groups (broad SMARTS) is 1. The van der Waals surface area contributed by atoms with Gasteiger partial charge in [-0.1, -0.05) is 42.5 Å². The summed E-state index contributed by atoms with van der Waals surface area (Å²) in [6, 6.07) is 21.6. The number of hydrogen-bond donors (Lipinski definition) is 3. The van der Waals surface area contributed by atoms with Crippen LogP contribution in [0.1, 0.15) is 30.4 Å². The van der Waals surface area contributed by atoms with Crippen molar-refractivity contribution < 1.29 is 27.9 Å². The highest BCUT2D eigenvalue weighted by atomic mass is 32.2. The van der Waals surface area contributed by atoms with Gasteiger partial charge in [-0.3, -0.25) is 15.0 Å². The Bertz CT molecular complexity index is 1440. The molecule has 39 heavy (non-hydrogen) atoms. The molecule has 2 atom stereocenters. The first-order valence-corrected chi connectivity index (χ1v) is 14.1. The maximum atomic E-state index is 13.0. The van der Waals surface area contributed by atoms with E-state index in [9.17, 15) is 23.1 Å². The van der Waals surface area contributed by atoms with E-state index in [1.54, 1.807) is 23.1 Å². The highest BCUT2D eigenvalue weighted by Crippen LogP contribution is 2.29. The molecule has 1 amide bonds. The van der Waals surface area contributed by atoms with Gasteiger partial charge >= 0.3 is 5.97 Å². The van der Waals surface area contributed by atoms with Crippen molar-refractivity contribution in [3.63, 3.8) is 0 Å². The zero-order valence-corrected chi connectivity index (χ0v) is 22.1. The molecule has 9 nitrogen and oxygen atoms in total. The minimum atomic E-state index is -3.83. The van der Waals surface area contributed by atoms with Crippen molar-refractivity contribution in [2.75, 3.05) is 13.2 Å². The number of nitrogen functional groups attached to an aromatic ring is 1. The van der Waals surface area contributed by atoms with Gasteiger partial charge in [0.25, 0.3) is 0 Å². The first-order chi connectivity index (χ1) is 18.6. The van der Waals surface area contributed by atoms with Crippen LogP contribution in [0.25, 0.3) is 0 Å². The lowest BCUT2D eigenvalue weighted by atomic mass is 10.0. The molecule has 0 unspecified atom stereocenters. The summed E-state index contributed by atoms with van der Waals surface area (Å²) in [6.45, 7) is 0.661. The normalized spacial score (nSPS) is 17.2. The van der Waals surface area contributed by atoms with Crippen molar-refractivity contribution in [3.05, 3.63) is 90.0 Å². The summed E-state index contributed by atoms with van der Waals surface area (Å²) in [5.41, 5.74) is 6.98. The molecule has 0 aliphatic carbocycles. The Kier molecular flexibility index (Phi) is 8.65. The molecule has 0 bridgehead atoms. The molecule has 1 heterocycles. The van der Waals surface area contributed by atoms with Gasteiger partial charge in [0.1, 0.15) is 18.2 Å². The van der Waals surface area contributed by atoms with E-state index in [0.29, 0.717) is 24.3 Å². The highest BCUT2D eigenvalue weighted by Gasteiger charge is 2.40. The highest BCUT2D eigenvalue weighted by molar-refractivity contribution is 7.91. The number of ether oxygens (including phenoxy) is 1. The van der Waals surface area contributed by atoms with Crippen molar-refractivity contribution >= 4 is 27.5 Å². The van der Waals surface area contributed by atoms with Crippen LogP contribution in [0.4, 0.5) is 0 Å². The zero-order valence-electron chi connectivity index (χ0n) is 21.3. The molecule has 4 N–H and O–H groups in total. The minimum absolute atomic E-state index is 0.0314. The first-order valence-electron chi connectivity index (χ1n) is 12.6. The van der Waals surface area contributed by atoms with Crippen molar-refractivity contribution in [3.8, 4) is 5.75 Å². The van der Waals surface area contributed by atoms with E-state index in [-0.39, 0.29) is 40.6 Å². The lowest BCUT2D eigenvalue weighted by Crippen LogP contribution is -2.38. The van der Waals surface area contributed by atoms with Crippen LogP contribution in [0.15, 0.2) is 88.7 Å². The summed E-state index contributed by atoms with van der Waals surface area (Å²) < 4.78 is 32.0. The fourth-order valence-electron chi connectivity index (χ4n) is 4.78. The van der Waals surface area contributed by atoms with Crippen molar-refractivity contribution in [1.82, 2.24) is 4.90 Å². The third kappa shape index (κ3) is 6.83. The van der Waals surface area contributed by atoms with Crippen LogP contribution < -0.4 is 10.5 Å². The monoisotopic (exact) mass is 549 g/mol. The summed E-state index contributed by atoms with van der Waals surface area (Å²) in [6.07, 6.45) is 1.70. The largest absolute Gasteiger partial charge is 0.491 e. The van der Waals surface area contributed by atoms with Crippen LogP contribution >= 0.6 is 0 Å². The Balaban J connectivity index is 1.42. The molecular formula is C29H31N3O6S. The fraction of sp³-hybridized carbons (Fsp3) is 0.276. The third-order valence-corrected chi connectivity index (χ3v) is 8.56. The number of nitrogens with two attached hydrogens (primary N) is 1. The SMILES string of the molecule is N=C(N)c1cccc(S(=O)(=O)c2ccc(OC[C@@H]3C[C@@H](CC(=O)O)C(=O)N3CCCc3ccccc3)cc2)c1. The second-order valence-electron chi connectivity index (χ2n) is 9.53. The number of aryl methyl sites for hydroxylation is 1. The smallest absolute Gasteiger partial charge is 0.304 e. The van der Waals surface area contributed by atoms with Crippen molar-refractivity contribution in [2.24, 2.45) is 11.7 Å². The molecule has 3 aromatic carbocycles. The molecule has 0 saturated carbocycles. The maximum Gasteiger partial charge on any atom is 0.304 e. The minimum Gasteiger partial charge on any atom is -0.491 e. The van der Waals surface area contributed by atoms with Crippen molar-refractivity contribution in [1.29, 1.82) is 5.41 Å². The topological polar surface area (TPSA) is 151 Å². The molecule has 4 rings (SSSR count). The number of rotatable bonds is 12. The Morgan fingerprint density at radius 3 is 2.41 bits per heavy atom. The Labute approximate surface area is 227 Å². The molecule has 1 aliphatic rings.